The predicted molar refractivity (Wildman–Crippen MR) is 78.6 cm³/mol. The second-order valence-electron chi connectivity index (χ2n) is 5.22. The zero-order chi connectivity index (χ0) is 14.6. The first-order chi connectivity index (χ1) is 9.11. The molecule has 0 fully saturated rings. The highest BCUT2D eigenvalue weighted by atomic mass is 16.5. The lowest BCUT2D eigenvalue weighted by Gasteiger charge is -2.32. The summed E-state index contributed by atoms with van der Waals surface area (Å²) in [6.07, 6.45) is 1.99. The summed E-state index contributed by atoms with van der Waals surface area (Å²) in [5.41, 5.74) is -0.200. The topological polar surface area (TPSA) is 54.0 Å². The van der Waals surface area contributed by atoms with Gasteiger partial charge in [0.15, 0.2) is 0 Å². The van der Waals surface area contributed by atoms with Crippen molar-refractivity contribution < 1.29 is 14.6 Å². The van der Waals surface area contributed by atoms with E-state index in [9.17, 15) is 5.11 Å². The van der Waals surface area contributed by atoms with Gasteiger partial charge in [0.05, 0.1) is 19.8 Å². The van der Waals surface area contributed by atoms with Crippen molar-refractivity contribution in [3.63, 3.8) is 0 Å². The molecule has 0 amide bonds. The van der Waals surface area contributed by atoms with Gasteiger partial charge in [-0.3, -0.25) is 4.90 Å². The van der Waals surface area contributed by atoms with Crippen LogP contribution in [0.2, 0.25) is 0 Å². The Morgan fingerprint density at radius 1 is 1.11 bits per heavy atom. The Morgan fingerprint density at radius 3 is 2.11 bits per heavy atom. The lowest BCUT2D eigenvalue weighted by Crippen LogP contribution is -2.48. The van der Waals surface area contributed by atoms with Gasteiger partial charge >= 0.3 is 0 Å². The van der Waals surface area contributed by atoms with E-state index in [-0.39, 0.29) is 12.1 Å². The molecule has 0 bridgehead atoms. The van der Waals surface area contributed by atoms with Gasteiger partial charge in [0.1, 0.15) is 0 Å². The summed E-state index contributed by atoms with van der Waals surface area (Å²) in [5.74, 6) is 0. The average Bonchev–Trinajstić information content (AvgIpc) is 2.44. The number of nitrogens with one attached hydrogen (secondary N) is 1. The van der Waals surface area contributed by atoms with Crippen LogP contribution >= 0.6 is 0 Å². The molecule has 1 atom stereocenters. The number of nitrogens with zero attached hydrogens (tertiary/aromatic N) is 1. The highest BCUT2D eigenvalue weighted by Gasteiger charge is 2.22. The number of rotatable bonds is 13. The third-order valence-electron chi connectivity index (χ3n) is 3.35. The van der Waals surface area contributed by atoms with E-state index >= 15 is 0 Å². The number of aliphatic hydroxyl groups is 1. The summed E-state index contributed by atoms with van der Waals surface area (Å²) in [6, 6.07) is 0. The third kappa shape index (κ3) is 9.35. The highest BCUT2D eigenvalue weighted by Crippen LogP contribution is 2.10. The number of ether oxygens (including phenoxy) is 2. The molecule has 0 aromatic carbocycles. The maximum absolute atomic E-state index is 9.55. The second-order valence-corrected chi connectivity index (χ2v) is 5.22. The van der Waals surface area contributed by atoms with E-state index in [1.165, 1.54) is 0 Å². The van der Waals surface area contributed by atoms with Gasteiger partial charge in [0.25, 0.3) is 0 Å². The van der Waals surface area contributed by atoms with Gasteiger partial charge in [-0.05, 0) is 26.3 Å². The Balaban J connectivity index is 4.15. The van der Waals surface area contributed by atoms with E-state index in [1.54, 1.807) is 14.2 Å². The van der Waals surface area contributed by atoms with Crippen LogP contribution in [0.25, 0.3) is 0 Å². The SMILES string of the molecule is CCCNC(C)(CO)CCN(CCOC)CCOC. The van der Waals surface area contributed by atoms with E-state index in [4.69, 9.17) is 9.47 Å². The maximum atomic E-state index is 9.55. The molecule has 0 spiro atoms. The largest absolute Gasteiger partial charge is 0.394 e. The van der Waals surface area contributed by atoms with E-state index in [2.05, 4.69) is 24.1 Å². The van der Waals surface area contributed by atoms with E-state index < -0.39 is 0 Å². The second kappa shape index (κ2) is 11.6. The van der Waals surface area contributed by atoms with Crippen LogP contribution < -0.4 is 5.32 Å². The molecule has 0 aliphatic heterocycles. The highest BCUT2D eigenvalue weighted by molar-refractivity contribution is 4.83. The molecule has 19 heavy (non-hydrogen) atoms. The molecule has 0 heterocycles. The molecule has 2 N–H and O–H groups in total. The Hall–Kier alpha value is -0.200. The summed E-state index contributed by atoms with van der Waals surface area (Å²) in [5, 5.41) is 13.0. The molecule has 5 heteroatoms. The quantitative estimate of drug-likeness (QED) is 0.519. The number of hydrogen-bond donors (Lipinski definition) is 2. The minimum absolute atomic E-state index is 0.162. The van der Waals surface area contributed by atoms with Crippen LogP contribution in [0.4, 0.5) is 0 Å². The normalized spacial score (nSPS) is 14.8. The molecular formula is C14H32N2O3. The fourth-order valence-electron chi connectivity index (χ4n) is 1.83. The van der Waals surface area contributed by atoms with Crippen molar-refractivity contribution in [2.75, 3.05) is 60.2 Å². The van der Waals surface area contributed by atoms with Crippen molar-refractivity contribution in [3.8, 4) is 0 Å². The van der Waals surface area contributed by atoms with Crippen molar-refractivity contribution >= 4 is 0 Å². The first-order valence-electron chi connectivity index (χ1n) is 7.18. The number of methoxy groups -OCH3 is 2. The summed E-state index contributed by atoms with van der Waals surface area (Å²) < 4.78 is 10.3. The number of hydrogen-bond acceptors (Lipinski definition) is 5. The van der Waals surface area contributed by atoms with Crippen molar-refractivity contribution in [1.29, 1.82) is 0 Å². The van der Waals surface area contributed by atoms with E-state index in [0.29, 0.717) is 0 Å². The molecule has 0 radical (unpaired) electrons. The van der Waals surface area contributed by atoms with Gasteiger partial charge in [-0.15, -0.1) is 0 Å². The maximum Gasteiger partial charge on any atom is 0.0611 e. The van der Waals surface area contributed by atoms with Crippen LogP contribution in [-0.2, 0) is 9.47 Å². The number of aliphatic hydroxyl groups excluding tert-OH is 1. The molecular weight excluding hydrogens is 244 g/mol. The Labute approximate surface area is 118 Å². The smallest absolute Gasteiger partial charge is 0.0611 e. The molecule has 0 aromatic heterocycles. The van der Waals surface area contributed by atoms with Crippen LogP contribution in [0.1, 0.15) is 26.7 Å². The fraction of sp³-hybridized carbons (Fsp3) is 1.00. The van der Waals surface area contributed by atoms with Gasteiger partial charge in [-0.2, -0.15) is 0 Å². The Bertz CT molecular complexity index is 197. The van der Waals surface area contributed by atoms with Crippen molar-refractivity contribution in [2.24, 2.45) is 0 Å². The predicted octanol–water partition coefficient (Wildman–Crippen LogP) is 0.722. The molecule has 5 nitrogen and oxygen atoms in total. The van der Waals surface area contributed by atoms with Gasteiger partial charge in [-0.25, -0.2) is 0 Å². The molecule has 0 saturated carbocycles. The van der Waals surface area contributed by atoms with Gasteiger partial charge in [0.2, 0.25) is 0 Å². The Morgan fingerprint density at radius 2 is 1.68 bits per heavy atom. The zero-order valence-electron chi connectivity index (χ0n) is 13.1. The summed E-state index contributed by atoms with van der Waals surface area (Å²) in [7, 11) is 3.43. The van der Waals surface area contributed by atoms with Crippen molar-refractivity contribution in [2.45, 2.75) is 32.2 Å². The molecule has 0 rings (SSSR count). The first kappa shape index (κ1) is 18.8. The van der Waals surface area contributed by atoms with Crippen LogP contribution in [0.5, 0.6) is 0 Å². The lowest BCUT2D eigenvalue weighted by molar-refractivity contribution is 0.0973. The van der Waals surface area contributed by atoms with Crippen molar-refractivity contribution in [1.82, 2.24) is 10.2 Å². The zero-order valence-corrected chi connectivity index (χ0v) is 13.1. The first-order valence-corrected chi connectivity index (χ1v) is 7.18. The van der Waals surface area contributed by atoms with Crippen LogP contribution in [0.15, 0.2) is 0 Å². The lowest BCUT2D eigenvalue weighted by atomic mass is 9.98. The van der Waals surface area contributed by atoms with Gasteiger partial charge in [0, 0.05) is 39.4 Å². The fourth-order valence-corrected chi connectivity index (χ4v) is 1.83. The average molecular weight is 276 g/mol. The molecule has 0 aliphatic rings. The minimum Gasteiger partial charge on any atom is -0.394 e. The van der Waals surface area contributed by atoms with Gasteiger partial charge in [-0.1, -0.05) is 6.92 Å². The summed E-state index contributed by atoms with van der Waals surface area (Å²) in [6.45, 7) is 9.49. The van der Waals surface area contributed by atoms with E-state index in [1.807, 2.05) is 0 Å². The van der Waals surface area contributed by atoms with Crippen molar-refractivity contribution in [3.05, 3.63) is 0 Å². The Kier molecular flexibility index (Phi) is 11.5. The summed E-state index contributed by atoms with van der Waals surface area (Å²) >= 11 is 0. The van der Waals surface area contributed by atoms with E-state index in [0.717, 1.165) is 52.2 Å². The standard InChI is InChI=1S/C14H32N2O3/c1-5-7-15-14(2,13-17)6-8-16(9-11-18-3)10-12-19-4/h15,17H,5-13H2,1-4H3. The minimum atomic E-state index is -0.200. The molecule has 116 valence electrons. The van der Waals surface area contributed by atoms with Crippen LogP contribution in [0.3, 0.4) is 0 Å². The van der Waals surface area contributed by atoms with Crippen LogP contribution in [0, 0.1) is 0 Å². The van der Waals surface area contributed by atoms with Gasteiger partial charge < -0.3 is 19.9 Å². The molecule has 0 aromatic rings. The third-order valence-corrected chi connectivity index (χ3v) is 3.35. The summed E-state index contributed by atoms with van der Waals surface area (Å²) in [4.78, 5) is 2.31. The molecule has 0 saturated heterocycles. The molecule has 1 unspecified atom stereocenters. The van der Waals surface area contributed by atoms with Crippen LogP contribution in [-0.4, -0.2) is 75.8 Å². The molecule has 0 aliphatic carbocycles. The monoisotopic (exact) mass is 276 g/mol.